The van der Waals surface area contributed by atoms with Crippen molar-refractivity contribution in [2.45, 2.75) is 83.6 Å². The van der Waals surface area contributed by atoms with Crippen molar-refractivity contribution < 1.29 is 9.59 Å². The van der Waals surface area contributed by atoms with Crippen LogP contribution in [0.4, 0.5) is 0 Å². The van der Waals surface area contributed by atoms with Crippen molar-refractivity contribution >= 4 is 11.8 Å². The molecule has 1 heterocycles. The smallest absolute Gasteiger partial charge is 0.246 e. The van der Waals surface area contributed by atoms with E-state index in [1.54, 1.807) is 7.05 Å². The second-order valence-electron chi connectivity index (χ2n) is 6.18. The van der Waals surface area contributed by atoms with Gasteiger partial charge in [0.25, 0.3) is 0 Å². The Labute approximate surface area is 129 Å². The van der Waals surface area contributed by atoms with E-state index in [0.717, 1.165) is 13.0 Å². The summed E-state index contributed by atoms with van der Waals surface area (Å²) in [6.45, 7) is 3.09. The van der Waals surface area contributed by atoms with Crippen LogP contribution >= 0.6 is 0 Å². The molecule has 0 aromatic rings. The van der Waals surface area contributed by atoms with Gasteiger partial charge in [-0.05, 0) is 13.0 Å². The highest BCUT2D eigenvalue weighted by Crippen LogP contribution is 2.12. The highest BCUT2D eigenvalue weighted by molar-refractivity contribution is 6.05. The van der Waals surface area contributed by atoms with E-state index in [0.29, 0.717) is 6.42 Å². The molecule has 4 heteroatoms. The molecule has 1 aliphatic heterocycles. The quantitative estimate of drug-likeness (QED) is 0.444. The van der Waals surface area contributed by atoms with Gasteiger partial charge in [0.05, 0.1) is 12.5 Å². The summed E-state index contributed by atoms with van der Waals surface area (Å²) in [7, 11) is 1.56. The summed E-state index contributed by atoms with van der Waals surface area (Å²) in [5.74, 6) is -0.146. The summed E-state index contributed by atoms with van der Waals surface area (Å²) in [5.41, 5.74) is 0. The number of rotatable bonds is 12. The second-order valence-corrected chi connectivity index (χ2v) is 6.18. The molecule has 1 saturated heterocycles. The number of carbonyl (C=O) groups is 2. The number of amides is 2. The lowest BCUT2D eigenvalue weighted by atomic mass is 10.1. The molecule has 1 atom stereocenters. The van der Waals surface area contributed by atoms with Gasteiger partial charge in [0.1, 0.15) is 0 Å². The van der Waals surface area contributed by atoms with Crippen LogP contribution in [-0.4, -0.2) is 36.3 Å². The van der Waals surface area contributed by atoms with Crippen LogP contribution in [0.25, 0.3) is 0 Å². The molecule has 1 aliphatic rings. The number of unbranched alkanes of at least 4 members (excludes halogenated alkanes) is 9. The molecule has 0 radical (unpaired) electrons. The number of likely N-dealkylation sites (N-methyl/N-ethyl adjacent to an activating group) is 1. The van der Waals surface area contributed by atoms with Gasteiger partial charge < -0.3 is 5.32 Å². The first kappa shape index (κ1) is 18.1. The molecule has 0 aliphatic carbocycles. The molecule has 122 valence electrons. The molecular formula is C17H32N2O2. The molecule has 21 heavy (non-hydrogen) atoms. The largest absolute Gasteiger partial charge is 0.305 e. The molecule has 1 rings (SSSR count). The van der Waals surface area contributed by atoms with E-state index in [1.807, 2.05) is 0 Å². The summed E-state index contributed by atoms with van der Waals surface area (Å²) >= 11 is 0. The van der Waals surface area contributed by atoms with Gasteiger partial charge in [-0.2, -0.15) is 0 Å². The average Bonchev–Trinajstić information content (AvgIpc) is 2.72. The molecule has 0 aromatic heterocycles. The van der Waals surface area contributed by atoms with Crippen LogP contribution in [0.5, 0.6) is 0 Å². The molecule has 1 N–H and O–H groups in total. The molecule has 0 saturated carbocycles. The summed E-state index contributed by atoms with van der Waals surface area (Å²) in [4.78, 5) is 24.3. The molecular weight excluding hydrogens is 264 g/mol. The maximum atomic E-state index is 11.7. The van der Waals surface area contributed by atoms with Gasteiger partial charge in [0.15, 0.2) is 0 Å². The number of nitrogens with zero attached hydrogens (tertiary/aromatic N) is 1. The van der Waals surface area contributed by atoms with Gasteiger partial charge in [-0.1, -0.05) is 64.7 Å². The number of hydrogen-bond donors (Lipinski definition) is 1. The normalized spacial score (nSPS) is 18.8. The van der Waals surface area contributed by atoms with E-state index < -0.39 is 0 Å². The lowest BCUT2D eigenvalue weighted by Crippen LogP contribution is -2.37. The zero-order chi connectivity index (χ0) is 15.5. The van der Waals surface area contributed by atoms with Crippen molar-refractivity contribution in [2.24, 2.45) is 0 Å². The number of carbonyl (C=O) groups excluding carboxylic acids is 2. The van der Waals surface area contributed by atoms with E-state index >= 15 is 0 Å². The number of imide groups is 1. The van der Waals surface area contributed by atoms with E-state index in [1.165, 1.54) is 62.7 Å². The predicted octanol–water partition coefficient (Wildman–Crippen LogP) is 3.25. The number of hydrogen-bond acceptors (Lipinski definition) is 3. The molecule has 0 spiro atoms. The van der Waals surface area contributed by atoms with Gasteiger partial charge in [0, 0.05) is 7.05 Å². The Morgan fingerprint density at radius 3 is 1.95 bits per heavy atom. The molecule has 0 bridgehead atoms. The molecule has 4 nitrogen and oxygen atoms in total. The molecule has 1 fully saturated rings. The highest BCUT2D eigenvalue weighted by Gasteiger charge is 2.35. The SMILES string of the molecule is CCCCCCCCCCCCNC1CC(=O)N(C)C1=O. The van der Waals surface area contributed by atoms with E-state index in [2.05, 4.69) is 12.2 Å². The first-order valence-corrected chi connectivity index (χ1v) is 8.70. The van der Waals surface area contributed by atoms with Crippen LogP contribution < -0.4 is 5.32 Å². The fraction of sp³-hybridized carbons (Fsp3) is 0.882. The number of likely N-dealkylation sites (tertiary alicyclic amines) is 1. The summed E-state index contributed by atoms with van der Waals surface area (Å²) < 4.78 is 0. The summed E-state index contributed by atoms with van der Waals surface area (Å²) in [6, 6.07) is -0.277. The van der Waals surface area contributed by atoms with Crippen molar-refractivity contribution in [2.75, 3.05) is 13.6 Å². The van der Waals surface area contributed by atoms with Gasteiger partial charge in [-0.3, -0.25) is 14.5 Å². The summed E-state index contributed by atoms with van der Waals surface area (Å²) in [5, 5.41) is 3.21. The van der Waals surface area contributed by atoms with Crippen LogP contribution in [0.2, 0.25) is 0 Å². The standard InChI is InChI=1S/C17H32N2O2/c1-3-4-5-6-7-8-9-10-11-12-13-18-15-14-16(20)19(2)17(15)21/h15,18H,3-14H2,1-2H3. The van der Waals surface area contributed by atoms with Crippen molar-refractivity contribution in [3.63, 3.8) is 0 Å². The Kier molecular flexibility index (Phi) is 9.31. The maximum absolute atomic E-state index is 11.7. The number of nitrogens with one attached hydrogen (secondary N) is 1. The Morgan fingerprint density at radius 2 is 1.48 bits per heavy atom. The van der Waals surface area contributed by atoms with E-state index in [9.17, 15) is 9.59 Å². The second kappa shape index (κ2) is 10.8. The van der Waals surface area contributed by atoms with Crippen molar-refractivity contribution in [1.29, 1.82) is 0 Å². The Hall–Kier alpha value is -0.900. The summed E-state index contributed by atoms with van der Waals surface area (Å²) in [6.07, 6.45) is 13.5. The lowest BCUT2D eigenvalue weighted by molar-refractivity contribution is -0.137. The maximum Gasteiger partial charge on any atom is 0.246 e. The van der Waals surface area contributed by atoms with Gasteiger partial charge >= 0.3 is 0 Å². The third-order valence-corrected chi connectivity index (χ3v) is 4.30. The Balaban J connectivity index is 1.87. The van der Waals surface area contributed by atoms with Gasteiger partial charge in [-0.25, -0.2) is 0 Å². The zero-order valence-electron chi connectivity index (χ0n) is 13.8. The minimum absolute atomic E-state index is 0.0689. The van der Waals surface area contributed by atoms with Gasteiger partial charge in [0.2, 0.25) is 11.8 Å². The topological polar surface area (TPSA) is 49.4 Å². The minimum atomic E-state index is -0.277. The van der Waals surface area contributed by atoms with Crippen LogP contribution in [0, 0.1) is 0 Å². The monoisotopic (exact) mass is 296 g/mol. The Morgan fingerprint density at radius 1 is 0.952 bits per heavy atom. The van der Waals surface area contributed by atoms with Crippen LogP contribution in [0.1, 0.15) is 77.6 Å². The minimum Gasteiger partial charge on any atom is -0.305 e. The Bertz CT molecular complexity index is 318. The molecule has 2 amide bonds. The van der Waals surface area contributed by atoms with E-state index in [4.69, 9.17) is 0 Å². The van der Waals surface area contributed by atoms with Gasteiger partial charge in [-0.15, -0.1) is 0 Å². The average molecular weight is 296 g/mol. The highest BCUT2D eigenvalue weighted by atomic mass is 16.2. The van der Waals surface area contributed by atoms with Crippen molar-refractivity contribution in [3.8, 4) is 0 Å². The first-order valence-electron chi connectivity index (χ1n) is 8.70. The lowest BCUT2D eigenvalue weighted by Gasteiger charge is -2.10. The zero-order valence-corrected chi connectivity index (χ0v) is 13.8. The molecule has 0 aromatic carbocycles. The molecule has 1 unspecified atom stereocenters. The van der Waals surface area contributed by atoms with Crippen LogP contribution in [0.3, 0.4) is 0 Å². The van der Waals surface area contributed by atoms with Crippen molar-refractivity contribution in [3.05, 3.63) is 0 Å². The third kappa shape index (κ3) is 7.07. The van der Waals surface area contributed by atoms with Crippen LogP contribution in [-0.2, 0) is 9.59 Å². The van der Waals surface area contributed by atoms with E-state index in [-0.39, 0.29) is 17.9 Å². The third-order valence-electron chi connectivity index (χ3n) is 4.30. The predicted molar refractivity (Wildman–Crippen MR) is 86.0 cm³/mol. The fourth-order valence-electron chi connectivity index (χ4n) is 2.80. The first-order chi connectivity index (χ1) is 10.2. The van der Waals surface area contributed by atoms with Crippen LogP contribution in [0.15, 0.2) is 0 Å². The van der Waals surface area contributed by atoms with Crippen molar-refractivity contribution in [1.82, 2.24) is 10.2 Å². The fourth-order valence-corrected chi connectivity index (χ4v) is 2.80.